The van der Waals surface area contributed by atoms with Crippen LogP contribution in [0.3, 0.4) is 0 Å². The summed E-state index contributed by atoms with van der Waals surface area (Å²) in [7, 11) is 1.55. The summed E-state index contributed by atoms with van der Waals surface area (Å²) in [5, 5.41) is 6.39. The molecule has 4 nitrogen and oxygen atoms in total. The predicted molar refractivity (Wildman–Crippen MR) is 86.3 cm³/mol. The van der Waals surface area contributed by atoms with Crippen LogP contribution >= 0.6 is 11.6 Å². The molecule has 0 saturated heterocycles. The minimum atomic E-state index is -0.169. The van der Waals surface area contributed by atoms with Crippen LogP contribution in [-0.4, -0.2) is 19.6 Å². The van der Waals surface area contributed by atoms with Crippen molar-refractivity contribution in [3.8, 4) is 5.75 Å². The summed E-state index contributed by atoms with van der Waals surface area (Å²) < 4.78 is 5.19. The number of methoxy groups -OCH3 is 1. The fourth-order valence-corrected chi connectivity index (χ4v) is 2.08. The highest BCUT2D eigenvalue weighted by Gasteiger charge is 2.08. The lowest BCUT2D eigenvalue weighted by molar-refractivity contribution is -0.114. The van der Waals surface area contributed by atoms with Gasteiger partial charge in [0.15, 0.2) is 0 Å². The molecule has 0 aliphatic carbocycles. The molecule has 0 aliphatic rings. The zero-order valence-corrected chi connectivity index (χ0v) is 12.7. The van der Waals surface area contributed by atoms with E-state index in [0.29, 0.717) is 16.5 Å². The molecule has 0 spiro atoms. The van der Waals surface area contributed by atoms with Gasteiger partial charge in [-0.2, -0.15) is 0 Å². The summed E-state index contributed by atoms with van der Waals surface area (Å²) in [6.07, 6.45) is 0. The Morgan fingerprint density at radius 1 is 1.24 bits per heavy atom. The molecule has 2 N–H and O–H groups in total. The standard InChI is InChI=1S/C16H17ClN2O2/c1-11-4-3-5-13(8-11)18-10-16(20)19-14-9-12(17)6-7-15(14)21-2/h3-9,18H,10H2,1-2H3,(H,19,20). The Morgan fingerprint density at radius 2 is 2.05 bits per heavy atom. The number of amides is 1. The lowest BCUT2D eigenvalue weighted by Crippen LogP contribution is -2.22. The highest BCUT2D eigenvalue weighted by atomic mass is 35.5. The second-order valence-corrected chi connectivity index (χ2v) is 5.05. The summed E-state index contributed by atoms with van der Waals surface area (Å²) in [5.74, 6) is 0.403. The number of carbonyl (C=O) groups excluding carboxylic acids is 1. The van der Waals surface area contributed by atoms with Crippen LogP contribution in [-0.2, 0) is 4.79 Å². The van der Waals surface area contributed by atoms with Crippen molar-refractivity contribution in [2.45, 2.75) is 6.92 Å². The zero-order valence-electron chi connectivity index (χ0n) is 11.9. The molecule has 1 amide bonds. The molecule has 2 aromatic carbocycles. The number of ether oxygens (including phenoxy) is 1. The van der Waals surface area contributed by atoms with E-state index in [1.54, 1.807) is 25.3 Å². The van der Waals surface area contributed by atoms with Crippen molar-refractivity contribution in [1.29, 1.82) is 0 Å². The van der Waals surface area contributed by atoms with Gasteiger partial charge in [-0.25, -0.2) is 0 Å². The number of rotatable bonds is 5. The third-order valence-electron chi connectivity index (χ3n) is 2.91. The van der Waals surface area contributed by atoms with Crippen LogP contribution in [0, 0.1) is 6.92 Å². The van der Waals surface area contributed by atoms with E-state index in [2.05, 4.69) is 10.6 Å². The first-order valence-corrected chi connectivity index (χ1v) is 6.90. The lowest BCUT2D eigenvalue weighted by atomic mass is 10.2. The van der Waals surface area contributed by atoms with Crippen molar-refractivity contribution < 1.29 is 9.53 Å². The fraction of sp³-hybridized carbons (Fsp3) is 0.188. The fourth-order valence-electron chi connectivity index (χ4n) is 1.91. The SMILES string of the molecule is COc1ccc(Cl)cc1NC(=O)CNc1cccc(C)c1. The first-order valence-electron chi connectivity index (χ1n) is 6.52. The molecule has 0 aliphatic heterocycles. The van der Waals surface area contributed by atoms with Crippen molar-refractivity contribution in [1.82, 2.24) is 0 Å². The van der Waals surface area contributed by atoms with E-state index < -0.39 is 0 Å². The third kappa shape index (κ3) is 4.39. The monoisotopic (exact) mass is 304 g/mol. The van der Waals surface area contributed by atoms with Gasteiger partial charge >= 0.3 is 0 Å². The number of hydrogen-bond donors (Lipinski definition) is 2. The number of carbonyl (C=O) groups is 1. The van der Waals surface area contributed by atoms with Crippen molar-refractivity contribution in [3.05, 3.63) is 53.1 Å². The molecule has 0 atom stereocenters. The Bertz CT molecular complexity index is 644. The largest absolute Gasteiger partial charge is 0.495 e. The van der Waals surface area contributed by atoms with Gasteiger partial charge in [0.25, 0.3) is 0 Å². The quantitative estimate of drug-likeness (QED) is 0.885. The van der Waals surface area contributed by atoms with E-state index >= 15 is 0 Å². The van der Waals surface area contributed by atoms with Gasteiger partial charge in [0.2, 0.25) is 5.91 Å². The number of halogens is 1. The lowest BCUT2D eigenvalue weighted by Gasteiger charge is -2.11. The average molecular weight is 305 g/mol. The van der Waals surface area contributed by atoms with E-state index in [-0.39, 0.29) is 12.5 Å². The van der Waals surface area contributed by atoms with Crippen LogP contribution in [0.15, 0.2) is 42.5 Å². The molecule has 0 saturated carbocycles. The van der Waals surface area contributed by atoms with Gasteiger partial charge in [0.1, 0.15) is 5.75 Å². The summed E-state index contributed by atoms with van der Waals surface area (Å²) in [6, 6.07) is 12.9. The summed E-state index contributed by atoms with van der Waals surface area (Å²) in [4.78, 5) is 12.0. The molecular weight excluding hydrogens is 288 g/mol. The van der Waals surface area contributed by atoms with Crippen LogP contribution in [0.25, 0.3) is 0 Å². The van der Waals surface area contributed by atoms with Crippen LogP contribution in [0.1, 0.15) is 5.56 Å². The molecule has 21 heavy (non-hydrogen) atoms. The van der Waals surface area contributed by atoms with E-state index in [1.165, 1.54) is 0 Å². The molecule has 110 valence electrons. The number of nitrogens with one attached hydrogen (secondary N) is 2. The number of benzene rings is 2. The number of aryl methyl sites for hydroxylation is 1. The van der Waals surface area contributed by atoms with E-state index in [1.807, 2.05) is 31.2 Å². The average Bonchev–Trinajstić information content (AvgIpc) is 2.45. The van der Waals surface area contributed by atoms with Crippen molar-refractivity contribution in [3.63, 3.8) is 0 Å². The van der Waals surface area contributed by atoms with Gasteiger partial charge in [-0.05, 0) is 42.8 Å². The normalized spacial score (nSPS) is 10.0. The van der Waals surface area contributed by atoms with Crippen LogP contribution in [0.5, 0.6) is 5.75 Å². The molecule has 0 fully saturated rings. The van der Waals surface area contributed by atoms with Crippen molar-refractivity contribution in [2.24, 2.45) is 0 Å². The summed E-state index contributed by atoms with van der Waals surface area (Å²) >= 11 is 5.93. The molecule has 0 unspecified atom stereocenters. The Balaban J connectivity index is 1.97. The Morgan fingerprint density at radius 3 is 2.76 bits per heavy atom. The van der Waals surface area contributed by atoms with Crippen LogP contribution < -0.4 is 15.4 Å². The van der Waals surface area contributed by atoms with Gasteiger partial charge in [0.05, 0.1) is 19.3 Å². The Kier molecular flexibility index (Phi) is 5.06. The van der Waals surface area contributed by atoms with Gasteiger partial charge in [-0.1, -0.05) is 23.7 Å². The molecule has 5 heteroatoms. The highest BCUT2D eigenvalue weighted by Crippen LogP contribution is 2.27. The van der Waals surface area contributed by atoms with E-state index in [0.717, 1.165) is 11.3 Å². The molecular formula is C16H17ClN2O2. The highest BCUT2D eigenvalue weighted by molar-refractivity contribution is 6.31. The minimum Gasteiger partial charge on any atom is -0.495 e. The number of anilines is 2. The Hall–Kier alpha value is -2.20. The summed E-state index contributed by atoms with van der Waals surface area (Å²) in [6.45, 7) is 2.17. The van der Waals surface area contributed by atoms with Crippen molar-refractivity contribution in [2.75, 3.05) is 24.3 Å². The molecule has 0 heterocycles. The van der Waals surface area contributed by atoms with E-state index in [4.69, 9.17) is 16.3 Å². The first-order chi connectivity index (χ1) is 10.1. The molecule has 0 aromatic heterocycles. The van der Waals surface area contributed by atoms with E-state index in [9.17, 15) is 4.79 Å². The molecule has 0 radical (unpaired) electrons. The van der Waals surface area contributed by atoms with Crippen LogP contribution in [0.4, 0.5) is 11.4 Å². The van der Waals surface area contributed by atoms with Gasteiger partial charge in [0, 0.05) is 10.7 Å². The van der Waals surface area contributed by atoms with Crippen LogP contribution in [0.2, 0.25) is 5.02 Å². The third-order valence-corrected chi connectivity index (χ3v) is 3.14. The zero-order chi connectivity index (χ0) is 15.2. The molecule has 0 bridgehead atoms. The second-order valence-electron chi connectivity index (χ2n) is 4.62. The van der Waals surface area contributed by atoms with Crippen molar-refractivity contribution >= 4 is 28.9 Å². The molecule has 2 aromatic rings. The smallest absolute Gasteiger partial charge is 0.243 e. The maximum atomic E-state index is 12.0. The maximum Gasteiger partial charge on any atom is 0.243 e. The molecule has 2 rings (SSSR count). The van der Waals surface area contributed by atoms with Gasteiger partial charge < -0.3 is 15.4 Å². The number of hydrogen-bond acceptors (Lipinski definition) is 3. The van der Waals surface area contributed by atoms with Gasteiger partial charge in [-0.3, -0.25) is 4.79 Å². The predicted octanol–water partition coefficient (Wildman–Crippen LogP) is 3.71. The maximum absolute atomic E-state index is 12.0. The Labute approximate surface area is 129 Å². The topological polar surface area (TPSA) is 50.4 Å². The van der Waals surface area contributed by atoms with Gasteiger partial charge in [-0.15, -0.1) is 0 Å². The summed E-state index contributed by atoms with van der Waals surface area (Å²) in [5.41, 5.74) is 2.60. The first kappa shape index (κ1) is 15.2. The second kappa shape index (κ2) is 6.99. The minimum absolute atomic E-state index is 0.166.